The van der Waals surface area contributed by atoms with Crippen LogP contribution in [0.25, 0.3) is 16.8 Å². The number of anilines is 1. The molecule has 3 aromatic rings. The van der Waals surface area contributed by atoms with Crippen molar-refractivity contribution in [2.24, 2.45) is 0 Å². The minimum absolute atomic E-state index is 0.132. The molecule has 0 aliphatic heterocycles. The van der Waals surface area contributed by atoms with Gasteiger partial charge in [-0.25, -0.2) is 4.68 Å². The maximum Gasteiger partial charge on any atom is 0.435 e. The van der Waals surface area contributed by atoms with Gasteiger partial charge in [-0.2, -0.15) is 18.3 Å². The first kappa shape index (κ1) is 16.7. The Hall–Kier alpha value is -2.18. The molecule has 3 rings (SSSR count). The molecule has 0 spiro atoms. The van der Waals surface area contributed by atoms with E-state index in [1.54, 1.807) is 24.3 Å². The van der Waals surface area contributed by atoms with Gasteiger partial charge in [-0.15, -0.1) is 0 Å². The second-order valence-corrected chi connectivity index (χ2v) is 5.88. The Morgan fingerprint density at radius 1 is 0.958 bits per heavy atom. The van der Waals surface area contributed by atoms with Gasteiger partial charge in [0.05, 0.1) is 11.3 Å². The number of nitrogens with zero attached hydrogens (tertiary/aromatic N) is 2. The van der Waals surface area contributed by atoms with Gasteiger partial charge < -0.3 is 5.73 Å². The standard InChI is InChI=1S/C16H10Cl2F3N3/c17-10-4-6-12(7-5-10)24-15(22)13(14(23-24)16(19,20)21)9-2-1-3-11(18)8-9/h1-8H,22H2. The summed E-state index contributed by atoms with van der Waals surface area (Å²) in [5, 5.41) is 4.43. The lowest BCUT2D eigenvalue weighted by molar-refractivity contribution is -0.140. The van der Waals surface area contributed by atoms with Gasteiger partial charge in [0.2, 0.25) is 0 Å². The van der Waals surface area contributed by atoms with E-state index in [1.165, 1.54) is 24.3 Å². The first-order valence-electron chi connectivity index (χ1n) is 6.75. The number of rotatable bonds is 2. The maximum atomic E-state index is 13.4. The van der Waals surface area contributed by atoms with Gasteiger partial charge in [0.25, 0.3) is 0 Å². The number of aromatic nitrogens is 2. The third kappa shape index (κ3) is 3.07. The van der Waals surface area contributed by atoms with Crippen LogP contribution in [0, 0.1) is 0 Å². The van der Waals surface area contributed by atoms with Crippen molar-refractivity contribution in [3.63, 3.8) is 0 Å². The first-order chi connectivity index (χ1) is 11.3. The summed E-state index contributed by atoms with van der Waals surface area (Å²) in [6, 6.07) is 12.2. The van der Waals surface area contributed by atoms with Crippen molar-refractivity contribution in [3.8, 4) is 16.8 Å². The van der Waals surface area contributed by atoms with Crippen LogP contribution in [0.1, 0.15) is 5.69 Å². The fraction of sp³-hybridized carbons (Fsp3) is 0.0625. The molecular formula is C16H10Cl2F3N3. The van der Waals surface area contributed by atoms with E-state index in [1.807, 2.05) is 0 Å². The molecule has 3 nitrogen and oxygen atoms in total. The molecule has 0 saturated carbocycles. The SMILES string of the molecule is Nc1c(-c2cccc(Cl)c2)c(C(F)(F)F)nn1-c1ccc(Cl)cc1. The topological polar surface area (TPSA) is 43.8 Å². The molecule has 0 aliphatic carbocycles. The molecule has 24 heavy (non-hydrogen) atoms. The van der Waals surface area contributed by atoms with Gasteiger partial charge in [0, 0.05) is 10.0 Å². The summed E-state index contributed by atoms with van der Waals surface area (Å²) in [6.07, 6.45) is -4.66. The van der Waals surface area contributed by atoms with Gasteiger partial charge in [-0.05, 0) is 42.0 Å². The number of benzene rings is 2. The lowest BCUT2D eigenvalue weighted by atomic mass is 10.1. The summed E-state index contributed by atoms with van der Waals surface area (Å²) in [4.78, 5) is 0. The molecule has 1 heterocycles. The number of nitrogens with two attached hydrogens (primary N) is 1. The quantitative estimate of drug-likeness (QED) is 0.650. The van der Waals surface area contributed by atoms with E-state index < -0.39 is 11.9 Å². The number of alkyl halides is 3. The highest BCUT2D eigenvalue weighted by molar-refractivity contribution is 6.31. The minimum Gasteiger partial charge on any atom is -0.383 e. The molecule has 124 valence electrons. The number of hydrogen-bond donors (Lipinski definition) is 1. The van der Waals surface area contributed by atoms with Crippen molar-refractivity contribution in [2.45, 2.75) is 6.18 Å². The predicted octanol–water partition coefficient (Wildman–Crippen LogP) is 5.45. The molecule has 0 bridgehead atoms. The van der Waals surface area contributed by atoms with E-state index in [0.717, 1.165) is 4.68 Å². The molecule has 0 unspecified atom stereocenters. The molecule has 0 saturated heterocycles. The second-order valence-electron chi connectivity index (χ2n) is 5.01. The van der Waals surface area contributed by atoms with Crippen LogP contribution in [-0.4, -0.2) is 9.78 Å². The third-order valence-corrected chi connectivity index (χ3v) is 3.86. The Morgan fingerprint density at radius 2 is 1.62 bits per heavy atom. The first-order valence-corrected chi connectivity index (χ1v) is 7.50. The van der Waals surface area contributed by atoms with Crippen LogP contribution in [-0.2, 0) is 6.18 Å². The van der Waals surface area contributed by atoms with Crippen molar-refractivity contribution in [3.05, 3.63) is 64.3 Å². The zero-order chi connectivity index (χ0) is 17.5. The Kier molecular flexibility index (Phi) is 4.19. The van der Waals surface area contributed by atoms with Crippen molar-refractivity contribution in [2.75, 3.05) is 5.73 Å². The average Bonchev–Trinajstić information content (AvgIpc) is 2.86. The smallest absolute Gasteiger partial charge is 0.383 e. The predicted molar refractivity (Wildman–Crippen MR) is 88.4 cm³/mol. The number of hydrogen-bond acceptors (Lipinski definition) is 2. The second kappa shape index (κ2) is 6.03. The summed E-state index contributed by atoms with van der Waals surface area (Å²) in [6.45, 7) is 0. The molecular weight excluding hydrogens is 362 g/mol. The molecule has 8 heteroatoms. The van der Waals surface area contributed by atoms with E-state index in [2.05, 4.69) is 5.10 Å². The van der Waals surface area contributed by atoms with Crippen LogP contribution in [0.15, 0.2) is 48.5 Å². The Balaban J connectivity index is 2.26. The van der Waals surface area contributed by atoms with Crippen LogP contribution < -0.4 is 5.73 Å². The molecule has 0 fully saturated rings. The van der Waals surface area contributed by atoms with Crippen molar-refractivity contribution < 1.29 is 13.2 Å². The van der Waals surface area contributed by atoms with E-state index in [0.29, 0.717) is 15.7 Å². The highest BCUT2D eigenvalue weighted by Crippen LogP contribution is 2.41. The number of nitrogen functional groups attached to an aromatic ring is 1. The normalized spacial score (nSPS) is 11.7. The minimum atomic E-state index is -4.66. The van der Waals surface area contributed by atoms with Gasteiger partial charge in [-0.1, -0.05) is 35.3 Å². The molecule has 0 radical (unpaired) electrons. The van der Waals surface area contributed by atoms with Gasteiger partial charge in [0.15, 0.2) is 5.69 Å². The van der Waals surface area contributed by atoms with Crippen molar-refractivity contribution >= 4 is 29.0 Å². The molecule has 1 aromatic heterocycles. The summed E-state index contributed by atoms with van der Waals surface area (Å²) >= 11 is 11.7. The van der Waals surface area contributed by atoms with Crippen molar-refractivity contribution in [1.29, 1.82) is 0 Å². The third-order valence-electron chi connectivity index (χ3n) is 3.37. The Bertz CT molecular complexity index is 887. The van der Waals surface area contributed by atoms with Crippen LogP contribution >= 0.6 is 23.2 Å². The molecule has 0 aliphatic rings. The Morgan fingerprint density at radius 3 is 2.21 bits per heavy atom. The Labute approximate surface area is 145 Å². The van der Waals surface area contributed by atoms with Crippen LogP contribution in [0.2, 0.25) is 10.0 Å². The van der Waals surface area contributed by atoms with Gasteiger partial charge >= 0.3 is 6.18 Å². The summed E-state index contributed by atoms with van der Waals surface area (Å²) in [7, 11) is 0. The van der Waals surface area contributed by atoms with E-state index in [4.69, 9.17) is 28.9 Å². The van der Waals surface area contributed by atoms with E-state index >= 15 is 0 Å². The largest absolute Gasteiger partial charge is 0.435 e. The van der Waals surface area contributed by atoms with E-state index in [9.17, 15) is 13.2 Å². The maximum absolute atomic E-state index is 13.4. The molecule has 2 N–H and O–H groups in total. The van der Waals surface area contributed by atoms with Gasteiger partial charge in [0.1, 0.15) is 5.82 Å². The molecule has 0 amide bonds. The van der Waals surface area contributed by atoms with Crippen LogP contribution in [0.3, 0.4) is 0 Å². The van der Waals surface area contributed by atoms with Crippen LogP contribution in [0.5, 0.6) is 0 Å². The lowest BCUT2D eigenvalue weighted by Gasteiger charge is -2.07. The summed E-state index contributed by atoms with van der Waals surface area (Å²) < 4.78 is 41.3. The van der Waals surface area contributed by atoms with Crippen molar-refractivity contribution in [1.82, 2.24) is 9.78 Å². The highest BCUT2D eigenvalue weighted by Gasteiger charge is 2.39. The summed E-state index contributed by atoms with van der Waals surface area (Å²) in [5.74, 6) is -0.132. The zero-order valence-corrected chi connectivity index (χ0v) is 13.5. The highest BCUT2D eigenvalue weighted by atomic mass is 35.5. The van der Waals surface area contributed by atoms with Gasteiger partial charge in [-0.3, -0.25) is 0 Å². The van der Waals surface area contributed by atoms with E-state index in [-0.39, 0.29) is 16.9 Å². The zero-order valence-electron chi connectivity index (χ0n) is 12.0. The lowest BCUT2D eigenvalue weighted by Crippen LogP contribution is -2.08. The summed E-state index contributed by atoms with van der Waals surface area (Å²) in [5.41, 5.74) is 5.31. The number of halogens is 5. The average molecular weight is 372 g/mol. The van der Waals surface area contributed by atoms with Crippen LogP contribution in [0.4, 0.5) is 19.0 Å². The fourth-order valence-corrected chi connectivity index (χ4v) is 2.65. The molecule has 2 aromatic carbocycles. The fourth-order valence-electron chi connectivity index (χ4n) is 2.34. The monoisotopic (exact) mass is 371 g/mol. The molecule has 0 atom stereocenters.